The highest BCUT2D eigenvalue weighted by Crippen LogP contribution is 2.37. The molecule has 3 nitrogen and oxygen atoms in total. The molecule has 2 aromatic carbocycles. The maximum Gasteiger partial charge on any atom is 0.264 e. The van der Waals surface area contributed by atoms with E-state index in [-0.39, 0.29) is 16.8 Å². The molecule has 0 unspecified atom stereocenters. The van der Waals surface area contributed by atoms with E-state index in [0.717, 1.165) is 5.56 Å². The molecule has 1 aliphatic heterocycles. The number of sulfonamides is 1. The summed E-state index contributed by atoms with van der Waals surface area (Å²) in [7, 11) is -3.76. The lowest BCUT2D eigenvalue weighted by atomic mass is 9.99. The van der Waals surface area contributed by atoms with Gasteiger partial charge in [0.25, 0.3) is 10.0 Å². The molecule has 0 radical (unpaired) electrons. The van der Waals surface area contributed by atoms with Gasteiger partial charge in [0.1, 0.15) is 5.82 Å². The van der Waals surface area contributed by atoms with Gasteiger partial charge < -0.3 is 0 Å². The van der Waals surface area contributed by atoms with Crippen molar-refractivity contribution >= 4 is 27.3 Å². The Morgan fingerprint density at radius 3 is 2.58 bits per heavy atom. The highest BCUT2D eigenvalue weighted by Gasteiger charge is 2.35. The second-order valence-corrected chi connectivity index (χ2v) is 8.52. The van der Waals surface area contributed by atoms with E-state index >= 15 is 0 Å². The molecule has 0 bridgehead atoms. The molecule has 0 saturated carbocycles. The zero-order chi connectivity index (χ0) is 17.6. The molecule has 128 valence electrons. The Labute approximate surface area is 147 Å². The van der Waals surface area contributed by atoms with Crippen LogP contribution in [0.3, 0.4) is 0 Å². The first-order valence-corrected chi connectivity index (χ1v) is 9.63. The van der Waals surface area contributed by atoms with Crippen molar-refractivity contribution in [3.8, 4) is 0 Å². The second kappa shape index (κ2) is 6.05. The van der Waals surface area contributed by atoms with Crippen LogP contribution in [0.15, 0.2) is 35.2 Å². The second-order valence-electron chi connectivity index (χ2n) is 6.33. The number of hydrogen-bond donors (Lipinski definition) is 0. The Hall–Kier alpha value is -1.59. The van der Waals surface area contributed by atoms with E-state index < -0.39 is 10.0 Å². The SMILES string of the molecule is Cc1cc(S(=O)(=O)N2c3ccc(F)cc3CC[C@H]2C)c(C)cc1Cl. The predicted octanol–water partition coefficient (Wildman–Crippen LogP) is 4.63. The quantitative estimate of drug-likeness (QED) is 0.776. The van der Waals surface area contributed by atoms with Crippen molar-refractivity contribution in [1.82, 2.24) is 0 Å². The first-order chi connectivity index (χ1) is 11.2. The molecular weight excluding hydrogens is 349 g/mol. The fourth-order valence-corrected chi connectivity index (χ4v) is 5.43. The van der Waals surface area contributed by atoms with Crippen LogP contribution in [0.1, 0.15) is 30.0 Å². The lowest BCUT2D eigenvalue weighted by Gasteiger charge is -2.36. The molecule has 3 rings (SSSR count). The van der Waals surface area contributed by atoms with Crippen molar-refractivity contribution < 1.29 is 12.8 Å². The molecule has 0 spiro atoms. The van der Waals surface area contributed by atoms with E-state index in [1.54, 1.807) is 32.0 Å². The van der Waals surface area contributed by atoms with E-state index in [1.165, 1.54) is 16.4 Å². The standard InChI is InChI=1S/C18H19ClFNO2S/c1-11-9-18(12(2)8-16(11)19)24(22,23)21-13(3)4-5-14-10-15(20)6-7-17(14)21/h6-10,13H,4-5H2,1-3H3/t13-/m1/s1. The maximum absolute atomic E-state index is 13.5. The van der Waals surface area contributed by atoms with Crippen molar-refractivity contribution in [1.29, 1.82) is 0 Å². The molecule has 24 heavy (non-hydrogen) atoms. The highest BCUT2D eigenvalue weighted by atomic mass is 35.5. The average molecular weight is 368 g/mol. The van der Waals surface area contributed by atoms with Gasteiger partial charge in [0.15, 0.2) is 0 Å². The number of halogens is 2. The third kappa shape index (κ3) is 2.80. The summed E-state index contributed by atoms with van der Waals surface area (Å²) in [5.41, 5.74) is 2.60. The Morgan fingerprint density at radius 1 is 1.17 bits per heavy atom. The van der Waals surface area contributed by atoms with Gasteiger partial charge in [-0.25, -0.2) is 12.8 Å². The number of hydrogen-bond acceptors (Lipinski definition) is 2. The Morgan fingerprint density at radius 2 is 1.88 bits per heavy atom. The summed E-state index contributed by atoms with van der Waals surface area (Å²) >= 11 is 6.10. The van der Waals surface area contributed by atoms with E-state index in [2.05, 4.69) is 0 Å². The van der Waals surface area contributed by atoms with E-state index in [4.69, 9.17) is 11.6 Å². The molecular formula is C18H19ClFNO2S. The molecule has 0 saturated heterocycles. The van der Waals surface area contributed by atoms with E-state index in [0.29, 0.717) is 34.7 Å². The first-order valence-electron chi connectivity index (χ1n) is 7.81. The van der Waals surface area contributed by atoms with Gasteiger partial charge in [-0.3, -0.25) is 4.31 Å². The van der Waals surface area contributed by atoms with Gasteiger partial charge in [0, 0.05) is 11.1 Å². The lowest BCUT2D eigenvalue weighted by Crippen LogP contribution is -2.42. The van der Waals surface area contributed by atoms with Gasteiger partial charge in [-0.05, 0) is 80.6 Å². The van der Waals surface area contributed by atoms with E-state index in [1.807, 2.05) is 6.92 Å². The molecule has 0 aromatic heterocycles. The van der Waals surface area contributed by atoms with Crippen LogP contribution in [0.5, 0.6) is 0 Å². The van der Waals surface area contributed by atoms with Crippen molar-refractivity contribution in [2.75, 3.05) is 4.31 Å². The first kappa shape index (κ1) is 17.2. The van der Waals surface area contributed by atoms with Crippen LogP contribution in [-0.2, 0) is 16.4 Å². The minimum atomic E-state index is -3.76. The predicted molar refractivity (Wildman–Crippen MR) is 94.8 cm³/mol. The molecule has 0 N–H and O–H groups in total. The van der Waals surface area contributed by atoms with Gasteiger partial charge in [-0.1, -0.05) is 11.6 Å². The Kier molecular flexibility index (Phi) is 4.34. The van der Waals surface area contributed by atoms with Crippen LogP contribution in [0.2, 0.25) is 5.02 Å². The molecule has 1 heterocycles. The number of anilines is 1. The normalized spacial score (nSPS) is 17.7. The fourth-order valence-electron chi connectivity index (χ4n) is 3.19. The average Bonchev–Trinajstić information content (AvgIpc) is 2.50. The minimum absolute atomic E-state index is 0.191. The van der Waals surface area contributed by atoms with Crippen LogP contribution in [0.25, 0.3) is 0 Å². The lowest BCUT2D eigenvalue weighted by molar-refractivity contribution is 0.559. The summed E-state index contributed by atoms with van der Waals surface area (Å²) in [4.78, 5) is 0.244. The minimum Gasteiger partial charge on any atom is -0.263 e. The van der Waals surface area contributed by atoms with Crippen molar-refractivity contribution in [2.45, 2.75) is 44.6 Å². The summed E-state index contributed by atoms with van der Waals surface area (Å²) in [6.07, 6.45) is 1.32. The fraction of sp³-hybridized carbons (Fsp3) is 0.333. The number of benzene rings is 2. The van der Waals surface area contributed by atoms with Crippen molar-refractivity contribution in [3.63, 3.8) is 0 Å². The number of fused-ring (bicyclic) bond motifs is 1. The molecule has 6 heteroatoms. The topological polar surface area (TPSA) is 37.4 Å². The summed E-state index contributed by atoms with van der Waals surface area (Å²) in [5.74, 6) is -0.348. The van der Waals surface area contributed by atoms with Gasteiger partial charge >= 0.3 is 0 Å². The van der Waals surface area contributed by atoms with Crippen LogP contribution in [0, 0.1) is 19.7 Å². The molecule has 1 aliphatic rings. The van der Waals surface area contributed by atoms with Crippen LogP contribution in [-0.4, -0.2) is 14.5 Å². The van der Waals surface area contributed by atoms with Crippen LogP contribution < -0.4 is 4.31 Å². The molecule has 0 fully saturated rings. The van der Waals surface area contributed by atoms with E-state index in [9.17, 15) is 12.8 Å². The smallest absolute Gasteiger partial charge is 0.263 e. The summed E-state index contributed by atoms with van der Waals surface area (Å²) in [5, 5.41) is 0.542. The number of rotatable bonds is 2. The largest absolute Gasteiger partial charge is 0.264 e. The van der Waals surface area contributed by atoms with Gasteiger partial charge in [-0.2, -0.15) is 0 Å². The van der Waals surface area contributed by atoms with Crippen molar-refractivity contribution in [3.05, 3.63) is 57.9 Å². The third-order valence-electron chi connectivity index (χ3n) is 4.50. The molecule has 0 amide bonds. The molecule has 0 aliphatic carbocycles. The Balaban J connectivity index is 2.19. The van der Waals surface area contributed by atoms with Crippen LogP contribution in [0.4, 0.5) is 10.1 Å². The van der Waals surface area contributed by atoms with Gasteiger partial charge in [0.2, 0.25) is 0 Å². The summed E-state index contributed by atoms with van der Waals surface area (Å²) in [6, 6.07) is 7.36. The third-order valence-corrected chi connectivity index (χ3v) is 6.98. The molecule has 2 aromatic rings. The Bertz CT molecular complexity index is 911. The van der Waals surface area contributed by atoms with Gasteiger partial charge in [-0.15, -0.1) is 0 Å². The zero-order valence-corrected chi connectivity index (χ0v) is 15.4. The maximum atomic E-state index is 13.5. The van der Waals surface area contributed by atoms with Crippen molar-refractivity contribution in [2.24, 2.45) is 0 Å². The zero-order valence-electron chi connectivity index (χ0n) is 13.8. The number of nitrogens with zero attached hydrogens (tertiary/aromatic N) is 1. The highest BCUT2D eigenvalue weighted by molar-refractivity contribution is 7.93. The van der Waals surface area contributed by atoms with Crippen LogP contribution >= 0.6 is 11.6 Å². The van der Waals surface area contributed by atoms with Gasteiger partial charge in [0.05, 0.1) is 10.6 Å². The summed E-state index contributed by atoms with van der Waals surface area (Å²) in [6.45, 7) is 5.39. The summed E-state index contributed by atoms with van der Waals surface area (Å²) < 4.78 is 41.6. The number of aryl methyl sites for hydroxylation is 3. The molecule has 1 atom stereocenters. The monoisotopic (exact) mass is 367 g/mol.